The Balaban J connectivity index is 2.68. The Morgan fingerprint density at radius 3 is 2.75 bits per heavy atom. The van der Waals surface area contributed by atoms with E-state index in [9.17, 15) is 4.39 Å². The van der Waals surface area contributed by atoms with E-state index in [0.717, 1.165) is 16.7 Å². The Morgan fingerprint density at radius 1 is 1.44 bits per heavy atom. The molecule has 0 fully saturated rings. The second-order valence-corrected chi connectivity index (χ2v) is 4.72. The molecular weight excluding hydrogens is 273 g/mol. The highest BCUT2D eigenvalue weighted by atomic mass is 79.9. The van der Waals surface area contributed by atoms with Crippen LogP contribution in [0.5, 0.6) is 0 Å². The van der Waals surface area contributed by atoms with Crippen molar-refractivity contribution in [2.75, 3.05) is 7.05 Å². The first kappa shape index (κ1) is 11.6. The van der Waals surface area contributed by atoms with Crippen molar-refractivity contribution in [3.63, 3.8) is 0 Å². The first-order chi connectivity index (χ1) is 7.54. The summed E-state index contributed by atoms with van der Waals surface area (Å²) >= 11 is 3.18. The fourth-order valence-electron chi connectivity index (χ4n) is 1.78. The molecule has 2 rings (SSSR count). The van der Waals surface area contributed by atoms with Crippen molar-refractivity contribution < 1.29 is 8.81 Å². The van der Waals surface area contributed by atoms with E-state index in [4.69, 9.17) is 4.42 Å². The maximum Gasteiger partial charge on any atom is 0.141 e. The molecule has 0 radical (unpaired) electrons. The van der Waals surface area contributed by atoms with Crippen LogP contribution in [-0.2, 0) is 0 Å². The van der Waals surface area contributed by atoms with Crippen LogP contribution in [0.15, 0.2) is 21.0 Å². The number of benzene rings is 1. The minimum atomic E-state index is -0.301. The molecule has 0 amide bonds. The molecule has 4 heteroatoms. The molecule has 1 N–H and O–H groups in total. The van der Waals surface area contributed by atoms with Crippen LogP contribution < -0.4 is 5.32 Å². The summed E-state index contributed by atoms with van der Waals surface area (Å²) in [5, 5.41) is 4.06. The molecule has 1 heterocycles. The van der Waals surface area contributed by atoms with E-state index < -0.39 is 0 Å². The third-order valence-electron chi connectivity index (χ3n) is 2.84. The van der Waals surface area contributed by atoms with E-state index in [1.807, 2.05) is 20.9 Å². The molecule has 0 saturated carbocycles. The molecular formula is C12H13BrFNO. The van der Waals surface area contributed by atoms with E-state index in [1.54, 1.807) is 6.07 Å². The molecule has 0 aliphatic heterocycles. The van der Waals surface area contributed by atoms with Crippen molar-refractivity contribution in [2.45, 2.75) is 19.9 Å². The molecule has 1 unspecified atom stereocenters. The van der Waals surface area contributed by atoms with E-state index >= 15 is 0 Å². The Hall–Kier alpha value is -0.870. The highest BCUT2D eigenvalue weighted by Crippen LogP contribution is 2.32. The zero-order valence-corrected chi connectivity index (χ0v) is 11.0. The highest BCUT2D eigenvalue weighted by molar-refractivity contribution is 9.10. The van der Waals surface area contributed by atoms with Gasteiger partial charge in [0.25, 0.3) is 0 Å². The van der Waals surface area contributed by atoms with Gasteiger partial charge in [-0.3, -0.25) is 0 Å². The molecule has 1 atom stereocenters. The Labute approximate surface area is 102 Å². The maximum atomic E-state index is 13.4. The third-order valence-corrected chi connectivity index (χ3v) is 3.45. The maximum absolute atomic E-state index is 13.4. The first-order valence-corrected chi connectivity index (χ1v) is 5.89. The summed E-state index contributed by atoms with van der Waals surface area (Å²) in [4.78, 5) is 0. The van der Waals surface area contributed by atoms with Gasteiger partial charge in [0, 0.05) is 17.0 Å². The molecule has 1 aromatic heterocycles. The Kier molecular flexibility index (Phi) is 3.04. The number of hydrogen-bond acceptors (Lipinski definition) is 2. The molecule has 2 aromatic rings. The Morgan fingerprint density at radius 2 is 2.12 bits per heavy atom. The summed E-state index contributed by atoms with van der Waals surface area (Å²) in [6.45, 7) is 4.00. The van der Waals surface area contributed by atoms with E-state index in [-0.39, 0.29) is 11.9 Å². The Bertz CT molecular complexity index is 535. The van der Waals surface area contributed by atoms with Gasteiger partial charge in [-0.2, -0.15) is 0 Å². The van der Waals surface area contributed by atoms with Gasteiger partial charge in [0.05, 0.1) is 10.5 Å². The fourth-order valence-corrected chi connectivity index (χ4v) is 2.12. The molecule has 1 aromatic carbocycles. The number of furan rings is 1. The van der Waals surface area contributed by atoms with Crippen LogP contribution in [0, 0.1) is 12.7 Å². The average Bonchev–Trinajstić information content (AvgIpc) is 2.56. The topological polar surface area (TPSA) is 25.2 Å². The summed E-state index contributed by atoms with van der Waals surface area (Å²) in [6.07, 6.45) is 0. The number of nitrogens with one attached hydrogen (secondary N) is 1. The standard InChI is InChI=1S/C12H13BrFNO/c1-6-8-4-9(13)10(14)5-11(8)16-12(6)7(2)15-3/h4-5,7,15H,1-3H3. The minimum absolute atomic E-state index is 0.120. The number of halogens is 2. The lowest BCUT2D eigenvalue weighted by Gasteiger charge is -2.06. The number of aryl methyl sites for hydroxylation is 1. The number of hydrogen-bond donors (Lipinski definition) is 1. The van der Waals surface area contributed by atoms with Crippen LogP contribution in [0.3, 0.4) is 0 Å². The van der Waals surface area contributed by atoms with Crippen molar-refractivity contribution in [1.29, 1.82) is 0 Å². The summed E-state index contributed by atoms with van der Waals surface area (Å²) < 4.78 is 19.5. The van der Waals surface area contributed by atoms with Crippen LogP contribution in [0.25, 0.3) is 11.0 Å². The van der Waals surface area contributed by atoms with Crippen LogP contribution in [-0.4, -0.2) is 7.05 Å². The third kappa shape index (κ3) is 1.76. The van der Waals surface area contributed by atoms with Gasteiger partial charge < -0.3 is 9.73 Å². The summed E-state index contributed by atoms with van der Waals surface area (Å²) in [7, 11) is 1.87. The van der Waals surface area contributed by atoms with Crippen molar-refractivity contribution in [2.24, 2.45) is 0 Å². The molecule has 0 aliphatic carbocycles. The van der Waals surface area contributed by atoms with Gasteiger partial charge >= 0.3 is 0 Å². The van der Waals surface area contributed by atoms with Crippen molar-refractivity contribution >= 4 is 26.9 Å². The smallest absolute Gasteiger partial charge is 0.141 e. The van der Waals surface area contributed by atoms with E-state index in [0.29, 0.717) is 10.1 Å². The second-order valence-electron chi connectivity index (χ2n) is 3.86. The highest BCUT2D eigenvalue weighted by Gasteiger charge is 2.16. The summed E-state index contributed by atoms with van der Waals surface area (Å²) in [5.74, 6) is 0.555. The van der Waals surface area contributed by atoms with Gasteiger partial charge in [-0.25, -0.2) is 4.39 Å². The second kappa shape index (κ2) is 4.18. The minimum Gasteiger partial charge on any atom is -0.459 e. The number of fused-ring (bicyclic) bond motifs is 1. The predicted octanol–water partition coefficient (Wildman–Crippen LogP) is 3.92. The molecule has 2 nitrogen and oxygen atoms in total. The average molecular weight is 286 g/mol. The zero-order valence-electron chi connectivity index (χ0n) is 9.40. The SMILES string of the molecule is CNC(C)c1oc2cc(F)c(Br)cc2c1C. The quantitative estimate of drug-likeness (QED) is 0.905. The number of rotatable bonds is 2. The van der Waals surface area contributed by atoms with Gasteiger partial charge in [0.1, 0.15) is 17.2 Å². The van der Waals surface area contributed by atoms with Crippen molar-refractivity contribution in [3.05, 3.63) is 33.7 Å². The molecule has 0 aliphatic rings. The summed E-state index contributed by atoms with van der Waals surface area (Å²) in [5.41, 5.74) is 1.65. The van der Waals surface area contributed by atoms with Gasteiger partial charge in [0.2, 0.25) is 0 Å². The molecule has 0 bridgehead atoms. The summed E-state index contributed by atoms with van der Waals surface area (Å²) in [6, 6.07) is 3.29. The van der Waals surface area contributed by atoms with Gasteiger partial charge in [-0.1, -0.05) is 0 Å². The van der Waals surface area contributed by atoms with Crippen LogP contribution in [0.2, 0.25) is 0 Å². The van der Waals surface area contributed by atoms with Crippen LogP contribution >= 0.6 is 15.9 Å². The fraction of sp³-hybridized carbons (Fsp3) is 0.333. The molecule has 16 heavy (non-hydrogen) atoms. The van der Waals surface area contributed by atoms with Gasteiger partial charge in [0.15, 0.2) is 0 Å². The van der Waals surface area contributed by atoms with Gasteiger partial charge in [-0.15, -0.1) is 0 Å². The first-order valence-electron chi connectivity index (χ1n) is 5.10. The molecule has 86 valence electrons. The van der Waals surface area contributed by atoms with E-state index in [1.165, 1.54) is 6.07 Å². The zero-order chi connectivity index (χ0) is 11.9. The van der Waals surface area contributed by atoms with Crippen molar-refractivity contribution in [1.82, 2.24) is 5.32 Å². The predicted molar refractivity (Wildman–Crippen MR) is 66.1 cm³/mol. The monoisotopic (exact) mass is 285 g/mol. The molecule has 0 spiro atoms. The van der Waals surface area contributed by atoms with E-state index in [2.05, 4.69) is 21.2 Å². The van der Waals surface area contributed by atoms with Crippen LogP contribution in [0.1, 0.15) is 24.3 Å². The normalized spacial score (nSPS) is 13.3. The van der Waals surface area contributed by atoms with Crippen molar-refractivity contribution in [3.8, 4) is 0 Å². The van der Waals surface area contributed by atoms with Gasteiger partial charge in [-0.05, 0) is 42.9 Å². The lowest BCUT2D eigenvalue weighted by atomic mass is 10.1. The lowest BCUT2D eigenvalue weighted by Crippen LogP contribution is -2.12. The lowest BCUT2D eigenvalue weighted by molar-refractivity contribution is 0.470. The van der Waals surface area contributed by atoms with Crippen LogP contribution in [0.4, 0.5) is 4.39 Å². The molecule has 0 saturated heterocycles. The largest absolute Gasteiger partial charge is 0.459 e.